The Hall–Kier alpha value is -3.01. The maximum absolute atomic E-state index is 12.7. The highest BCUT2D eigenvalue weighted by molar-refractivity contribution is 5.52. The summed E-state index contributed by atoms with van der Waals surface area (Å²) in [5.41, 5.74) is 0.255. The number of nitrogens with zero attached hydrogens (tertiary/aromatic N) is 7. The molecule has 0 saturated carbocycles. The van der Waals surface area contributed by atoms with Crippen molar-refractivity contribution < 1.29 is 13.2 Å². The lowest BCUT2D eigenvalue weighted by Gasteiger charge is -2.23. The van der Waals surface area contributed by atoms with Crippen molar-refractivity contribution in [1.82, 2.24) is 30.1 Å². The Bertz CT molecular complexity index is 989. The average molecular weight is 460 g/mol. The van der Waals surface area contributed by atoms with Gasteiger partial charge in [-0.3, -0.25) is 0 Å². The van der Waals surface area contributed by atoms with Gasteiger partial charge in [0.05, 0.1) is 12.1 Å². The van der Waals surface area contributed by atoms with Crippen LogP contribution in [0.3, 0.4) is 0 Å². The third kappa shape index (κ3) is 6.50. The molecule has 1 fully saturated rings. The van der Waals surface area contributed by atoms with Crippen molar-refractivity contribution in [3.63, 3.8) is 0 Å². The number of alkyl halides is 3. The zero-order valence-electron chi connectivity index (χ0n) is 18.5. The minimum absolute atomic E-state index is 0.611. The molecule has 2 aromatic heterocycles. The summed E-state index contributed by atoms with van der Waals surface area (Å²) in [7, 11) is 0. The third-order valence-electron chi connectivity index (χ3n) is 5.80. The number of pyridine rings is 1. The molecule has 10 heteroatoms. The SMILES string of the molecule is FC(F)(F)c1ccc(N2CCCN(CCCCCn3nnc(-c4ccccc4)n3)CC2)nc1. The first-order valence-electron chi connectivity index (χ1n) is 11.3. The van der Waals surface area contributed by atoms with Gasteiger partial charge in [0, 0.05) is 31.4 Å². The molecule has 0 amide bonds. The van der Waals surface area contributed by atoms with E-state index in [-0.39, 0.29) is 0 Å². The number of hydrogen-bond donors (Lipinski definition) is 0. The zero-order chi connectivity index (χ0) is 23.1. The monoisotopic (exact) mass is 459 g/mol. The molecule has 176 valence electrons. The molecule has 0 spiro atoms. The Kier molecular flexibility index (Phi) is 7.54. The van der Waals surface area contributed by atoms with Crippen molar-refractivity contribution in [2.24, 2.45) is 0 Å². The summed E-state index contributed by atoms with van der Waals surface area (Å²) in [5.74, 6) is 1.26. The first kappa shape index (κ1) is 23.2. The number of aryl methyl sites for hydroxylation is 1. The molecule has 1 aliphatic rings. The smallest absolute Gasteiger partial charge is 0.355 e. The first-order valence-corrected chi connectivity index (χ1v) is 11.3. The quantitative estimate of drug-likeness (QED) is 0.472. The minimum Gasteiger partial charge on any atom is -0.355 e. The highest BCUT2D eigenvalue weighted by Gasteiger charge is 2.31. The summed E-state index contributed by atoms with van der Waals surface area (Å²) in [6.07, 6.45) is 0.676. The second kappa shape index (κ2) is 10.7. The standard InChI is InChI=1S/C23H28F3N7/c24-23(25,26)20-10-11-21(27-18-20)32-14-7-13-31(16-17-32)12-5-2-6-15-33-29-22(28-30-33)19-8-3-1-4-9-19/h1,3-4,8-11,18H,2,5-7,12-17H2. The number of anilines is 1. The molecule has 0 radical (unpaired) electrons. The van der Waals surface area contributed by atoms with Gasteiger partial charge in [-0.05, 0) is 49.7 Å². The van der Waals surface area contributed by atoms with Gasteiger partial charge >= 0.3 is 6.18 Å². The average Bonchev–Trinajstić information content (AvgIpc) is 3.17. The van der Waals surface area contributed by atoms with Gasteiger partial charge in [-0.15, -0.1) is 10.2 Å². The van der Waals surface area contributed by atoms with Gasteiger partial charge in [-0.1, -0.05) is 36.8 Å². The van der Waals surface area contributed by atoms with Crippen LogP contribution in [0.15, 0.2) is 48.7 Å². The fourth-order valence-corrected chi connectivity index (χ4v) is 3.97. The van der Waals surface area contributed by atoms with Crippen LogP contribution in [0.5, 0.6) is 0 Å². The summed E-state index contributed by atoms with van der Waals surface area (Å²) in [6.45, 7) is 5.19. The van der Waals surface area contributed by atoms with Crippen LogP contribution >= 0.6 is 0 Å². The molecule has 0 N–H and O–H groups in total. The molecule has 1 aromatic carbocycles. The van der Waals surface area contributed by atoms with Gasteiger partial charge in [0.2, 0.25) is 5.82 Å². The van der Waals surface area contributed by atoms with E-state index in [1.807, 2.05) is 30.3 Å². The Morgan fingerprint density at radius 2 is 1.67 bits per heavy atom. The van der Waals surface area contributed by atoms with E-state index in [4.69, 9.17) is 0 Å². The fraction of sp³-hybridized carbons (Fsp3) is 0.478. The molecule has 1 saturated heterocycles. The third-order valence-corrected chi connectivity index (χ3v) is 5.80. The van der Waals surface area contributed by atoms with Crippen molar-refractivity contribution in [2.75, 3.05) is 37.6 Å². The first-order chi connectivity index (χ1) is 16.0. The molecule has 4 rings (SSSR count). The van der Waals surface area contributed by atoms with E-state index in [1.54, 1.807) is 4.80 Å². The van der Waals surface area contributed by atoms with Crippen molar-refractivity contribution in [3.8, 4) is 11.4 Å². The van der Waals surface area contributed by atoms with Gasteiger partial charge in [0.25, 0.3) is 0 Å². The Morgan fingerprint density at radius 3 is 2.42 bits per heavy atom. The van der Waals surface area contributed by atoms with Crippen molar-refractivity contribution in [2.45, 2.75) is 38.4 Å². The van der Waals surface area contributed by atoms with Crippen LogP contribution in [-0.4, -0.2) is 62.8 Å². The van der Waals surface area contributed by atoms with Crippen molar-refractivity contribution >= 4 is 5.82 Å². The summed E-state index contributed by atoms with van der Waals surface area (Å²) in [4.78, 5) is 10.2. The second-order valence-electron chi connectivity index (χ2n) is 8.22. The van der Waals surface area contributed by atoms with E-state index in [1.165, 1.54) is 6.07 Å². The Labute approximate surface area is 191 Å². The van der Waals surface area contributed by atoms with E-state index in [2.05, 4.69) is 30.2 Å². The number of benzene rings is 1. The van der Waals surface area contributed by atoms with E-state index in [0.717, 1.165) is 82.8 Å². The van der Waals surface area contributed by atoms with Gasteiger partial charge in [0.1, 0.15) is 5.82 Å². The lowest BCUT2D eigenvalue weighted by molar-refractivity contribution is -0.137. The number of unbranched alkanes of at least 4 members (excludes halogenated alkanes) is 2. The van der Waals surface area contributed by atoms with Crippen LogP contribution in [-0.2, 0) is 12.7 Å². The van der Waals surface area contributed by atoms with Crippen LogP contribution in [0.2, 0.25) is 0 Å². The fourth-order valence-electron chi connectivity index (χ4n) is 3.97. The molecule has 0 bridgehead atoms. The van der Waals surface area contributed by atoms with Gasteiger partial charge < -0.3 is 9.80 Å². The van der Waals surface area contributed by atoms with Gasteiger partial charge in [-0.2, -0.15) is 18.0 Å². The maximum Gasteiger partial charge on any atom is 0.417 e. The maximum atomic E-state index is 12.7. The largest absolute Gasteiger partial charge is 0.417 e. The molecule has 33 heavy (non-hydrogen) atoms. The van der Waals surface area contributed by atoms with Crippen LogP contribution in [0, 0.1) is 0 Å². The van der Waals surface area contributed by atoms with Crippen LogP contribution in [0.4, 0.5) is 19.0 Å². The molecule has 3 heterocycles. The van der Waals surface area contributed by atoms with Crippen LogP contribution in [0.25, 0.3) is 11.4 Å². The predicted molar refractivity (Wildman–Crippen MR) is 120 cm³/mol. The molecule has 0 unspecified atom stereocenters. The molecular weight excluding hydrogens is 431 g/mol. The summed E-state index contributed by atoms with van der Waals surface area (Å²) < 4.78 is 38.2. The number of halogens is 3. The van der Waals surface area contributed by atoms with Crippen molar-refractivity contribution in [1.29, 1.82) is 0 Å². The van der Waals surface area contributed by atoms with E-state index >= 15 is 0 Å². The van der Waals surface area contributed by atoms with Crippen LogP contribution < -0.4 is 4.90 Å². The molecule has 0 aliphatic carbocycles. The lowest BCUT2D eigenvalue weighted by atomic mass is 10.2. The second-order valence-corrected chi connectivity index (χ2v) is 8.22. The van der Waals surface area contributed by atoms with Crippen molar-refractivity contribution in [3.05, 3.63) is 54.2 Å². The van der Waals surface area contributed by atoms with Gasteiger partial charge in [0.15, 0.2) is 0 Å². The molecule has 3 aromatic rings. The van der Waals surface area contributed by atoms with Crippen LogP contribution in [0.1, 0.15) is 31.2 Å². The topological polar surface area (TPSA) is 63.0 Å². The zero-order valence-corrected chi connectivity index (χ0v) is 18.5. The molecule has 0 atom stereocenters. The highest BCUT2D eigenvalue weighted by atomic mass is 19.4. The van der Waals surface area contributed by atoms with Gasteiger partial charge in [-0.25, -0.2) is 4.98 Å². The summed E-state index contributed by atoms with van der Waals surface area (Å²) >= 11 is 0. The minimum atomic E-state index is -4.35. The lowest BCUT2D eigenvalue weighted by Crippen LogP contribution is -2.31. The molecule has 1 aliphatic heterocycles. The summed E-state index contributed by atoms with van der Waals surface area (Å²) in [5, 5.41) is 12.7. The highest BCUT2D eigenvalue weighted by Crippen LogP contribution is 2.29. The molecular formula is C23H28F3N7. The summed E-state index contributed by atoms with van der Waals surface area (Å²) in [6, 6.07) is 12.4. The Balaban J connectivity index is 1.16. The van der Waals surface area contributed by atoms with E-state index < -0.39 is 11.7 Å². The van der Waals surface area contributed by atoms with E-state index in [0.29, 0.717) is 11.6 Å². The normalized spacial score (nSPS) is 15.5. The number of rotatable bonds is 8. The molecule has 7 nitrogen and oxygen atoms in total. The number of hydrogen-bond acceptors (Lipinski definition) is 6. The predicted octanol–water partition coefficient (Wildman–Crippen LogP) is 4.14. The van der Waals surface area contributed by atoms with E-state index in [9.17, 15) is 13.2 Å². The number of tetrazole rings is 1. The number of aromatic nitrogens is 5. The Morgan fingerprint density at radius 1 is 0.848 bits per heavy atom.